The number of methoxy groups -OCH3 is 1. The van der Waals surface area contributed by atoms with Gasteiger partial charge in [0.1, 0.15) is 5.75 Å². The van der Waals surface area contributed by atoms with E-state index in [9.17, 15) is 0 Å². The van der Waals surface area contributed by atoms with Crippen LogP contribution in [0.2, 0.25) is 5.02 Å². The summed E-state index contributed by atoms with van der Waals surface area (Å²) in [6.45, 7) is 0. The van der Waals surface area contributed by atoms with E-state index in [1.807, 2.05) is 48.5 Å². The molecule has 1 unspecified atom stereocenters. The molecule has 0 heterocycles. The third-order valence-corrected chi connectivity index (χ3v) is 3.36. The van der Waals surface area contributed by atoms with Crippen LogP contribution in [-0.4, -0.2) is 7.11 Å². The maximum Gasteiger partial charge on any atom is 0.137 e. The summed E-state index contributed by atoms with van der Waals surface area (Å²) in [5, 5.41) is 0.381. The average Bonchev–Trinajstić information content (AvgIpc) is 2.39. The van der Waals surface area contributed by atoms with Crippen molar-refractivity contribution in [3.63, 3.8) is 0 Å². The molecule has 0 aromatic heterocycles. The van der Waals surface area contributed by atoms with Crippen molar-refractivity contribution in [2.24, 2.45) is 0 Å². The van der Waals surface area contributed by atoms with Crippen LogP contribution in [0.4, 0.5) is 0 Å². The minimum Gasteiger partial charge on any atom is -0.495 e. The van der Waals surface area contributed by atoms with E-state index in [0.717, 1.165) is 11.1 Å². The van der Waals surface area contributed by atoms with Crippen molar-refractivity contribution >= 4 is 23.2 Å². The Labute approximate surface area is 111 Å². The molecule has 17 heavy (non-hydrogen) atoms. The molecular formula is C14H12Cl2O. The van der Waals surface area contributed by atoms with Gasteiger partial charge in [0.25, 0.3) is 0 Å². The highest BCUT2D eigenvalue weighted by Crippen LogP contribution is 2.33. The molecule has 0 fully saturated rings. The van der Waals surface area contributed by atoms with Gasteiger partial charge in [-0.1, -0.05) is 48.0 Å². The molecule has 0 saturated heterocycles. The Morgan fingerprint density at radius 2 is 1.71 bits per heavy atom. The molecule has 0 bridgehead atoms. The number of hydrogen-bond acceptors (Lipinski definition) is 1. The first-order valence-electron chi connectivity index (χ1n) is 5.25. The van der Waals surface area contributed by atoms with E-state index in [4.69, 9.17) is 27.9 Å². The Balaban J connectivity index is 2.32. The van der Waals surface area contributed by atoms with Gasteiger partial charge in [0.15, 0.2) is 0 Å². The molecule has 1 atom stereocenters. The zero-order valence-corrected chi connectivity index (χ0v) is 10.9. The SMILES string of the molecule is COc1ccc(C(Cl)c2ccccc2)cc1Cl. The highest BCUT2D eigenvalue weighted by Gasteiger charge is 2.12. The normalized spacial score (nSPS) is 12.2. The lowest BCUT2D eigenvalue weighted by Crippen LogP contribution is -1.94. The highest BCUT2D eigenvalue weighted by molar-refractivity contribution is 6.32. The molecular weight excluding hydrogens is 255 g/mol. The van der Waals surface area contributed by atoms with Crippen molar-refractivity contribution in [3.05, 3.63) is 64.7 Å². The van der Waals surface area contributed by atoms with Crippen LogP contribution in [0, 0.1) is 0 Å². The van der Waals surface area contributed by atoms with E-state index in [1.165, 1.54) is 0 Å². The van der Waals surface area contributed by atoms with Crippen molar-refractivity contribution in [1.82, 2.24) is 0 Å². The molecule has 0 N–H and O–H groups in total. The number of ether oxygens (including phenoxy) is 1. The van der Waals surface area contributed by atoms with Crippen LogP contribution in [0.15, 0.2) is 48.5 Å². The summed E-state index contributed by atoms with van der Waals surface area (Å²) in [6.07, 6.45) is 0. The number of benzene rings is 2. The quantitative estimate of drug-likeness (QED) is 0.734. The van der Waals surface area contributed by atoms with Crippen molar-refractivity contribution in [1.29, 1.82) is 0 Å². The largest absolute Gasteiger partial charge is 0.495 e. The lowest BCUT2D eigenvalue weighted by atomic mass is 10.0. The second-order valence-corrected chi connectivity index (χ2v) is 4.51. The van der Waals surface area contributed by atoms with Gasteiger partial charge in [0.05, 0.1) is 17.5 Å². The zero-order valence-electron chi connectivity index (χ0n) is 9.36. The van der Waals surface area contributed by atoms with Crippen LogP contribution in [0.3, 0.4) is 0 Å². The average molecular weight is 267 g/mol. The molecule has 2 aromatic rings. The number of alkyl halides is 1. The second-order valence-electron chi connectivity index (χ2n) is 3.67. The molecule has 0 amide bonds. The maximum absolute atomic E-state index is 6.40. The molecule has 0 aliphatic rings. The summed E-state index contributed by atoms with van der Waals surface area (Å²) < 4.78 is 5.11. The van der Waals surface area contributed by atoms with Crippen LogP contribution in [0.25, 0.3) is 0 Å². The Kier molecular flexibility index (Phi) is 3.93. The summed E-state index contributed by atoms with van der Waals surface area (Å²) in [6, 6.07) is 15.5. The molecule has 0 saturated carbocycles. The van der Waals surface area contributed by atoms with E-state index in [2.05, 4.69) is 0 Å². The fourth-order valence-electron chi connectivity index (χ4n) is 1.65. The molecule has 0 radical (unpaired) electrons. The Bertz CT molecular complexity index is 497. The predicted octanol–water partition coefficient (Wildman–Crippen LogP) is 4.68. The summed E-state index contributed by atoms with van der Waals surface area (Å²) in [5.41, 5.74) is 2.01. The van der Waals surface area contributed by atoms with E-state index in [1.54, 1.807) is 7.11 Å². The van der Waals surface area contributed by atoms with Gasteiger partial charge in [0.2, 0.25) is 0 Å². The summed E-state index contributed by atoms with van der Waals surface area (Å²) in [7, 11) is 1.59. The first-order valence-corrected chi connectivity index (χ1v) is 6.06. The van der Waals surface area contributed by atoms with Gasteiger partial charge < -0.3 is 4.74 Å². The van der Waals surface area contributed by atoms with Gasteiger partial charge in [-0.25, -0.2) is 0 Å². The van der Waals surface area contributed by atoms with Gasteiger partial charge in [-0.2, -0.15) is 0 Å². The Hall–Kier alpha value is -1.18. The van der Waals surface area contributed by atoms with Gasteiger partial charge in [-0.15, -0.1) is 11.6 Å². The van der Waals surface area contributed by atoms with Crippen LogP contribution in [-0.2, 0) is 0 Å². The molecule has 0 aliphatic carbocycles. The van der Waals surface area contributed by atoms with Gasteiger partial charge in [-0.05, 0) is 23.3 Å². The van der Waals surface area contributed by atoms with Crippen LogP contribution in [0.5, 0.6) is 5.75 Å². The van der Waals surface area contributed by atoms with Gasteiger partial charge >= 0.3 is 0 Å². The standard InChI is InChI=1S/C14H12Cl2O/c1-17-13-8-7-11(9-12(13)15)14(16)10-5-3-2-4-6-10/h2-9,14H,1H3. The molecule has 2 aromatic carbocycles. The summed E-state index contributed by atoms with van der Waals surface area (Å²) in [4.78, 5) is 0. The predicted molar refractivity (Wildman–Crippen MR) is 72.1 cm³/mol. The number of halogens is 2. The van der Waals surface area contributed by atoms with E-state index in [0.29, 0.717) is 10.8 Å². The third-order valence-electron chi connectivity index (χ3n) is 2.56. The summed E-state index contributed by atoms with van der Waals surface area (Å²) >= 11 is 12.5. The number of hydrogen-bond donors (Lipinski definition) is 0. The van der Waals surface area contributed by atoms with Crippen molar-refractivity contribution in [2.45, 2.75) is 5.38 Å². The summed E-state index contributed by atoms with van der Waals surface area (Å²) in [5.74, 6) is 0.660. The van der Waals surface area contributed by atoms with Crippen LogP contribution < -0.4 is 4.74 Å². The molecule has 0 spiro atoms. The fraction of sp³-hybridized carbons (Fsp3) is 0.143. The Morgan fingerprint density at radius 1 is 1.00 bits per heavy atom. The topological polar surface area (TPSA) is 9.23 Å². The number of rotatable bonds is 3. The molecule has 2 rings (SSSR count). The van der Waals surface area contributed by atoms with Gasteiger partial charge in [0, 0.05) is 0 Å². The van der Waals surface area contributed by atoms with Gasteiger partial charge in [-0.3, -0.25) is 0 Å². The van der Waals surface area contributed by atoms with E-state index in [-0.39, 0.29) is 5.38 Å². The first-order chi connectivity index (χ1) is 8.22. The molecule has 88 valence electrons. The zero-order chi connectivity index (χ0) is 12.3. The first kappa shape index (κ1) is 12.3. The van der Waals surface area contributed by atoms with Crippen molar-refractivity contribution in [3.8, 4) is 5.75 Å². The van der Waals surface area contributed by atoms with Crippen molar-refractivity contribution in [2.75, 3.05) is 7.11 Å². The van der Waals surface area contributed by atoms with E-state index >= 15 is 0 Å². The lowest BCUT2D eigenvalue weighted by Gasteiger charge is -2.12. The monoisotopic (exact) mass is 266 g/mol. The highest BCUT2D eigenvalue weighted by atomic mass is 35.5. The minimum atomic E-state index is -0.195. The molecule has 1 nitrogen and oxygen atoms in total. The van der Waals surface area contributed by atoms with Crippen LogP contribution >= 0.6 is 23.2 Å². The maximum atomic E-state index is 6.40. The fourth-order valence-corrected chi connectivity index (χ4v) is 2.20. The van der Waals surface area contributed by atoms with Crippen molar-refractivity contribution < 1.29 is 4.74 Å². The molecule has 0 aliphatic heterocycles. The smallest absolute Gasteiger partial charge is 0.137 e. The molecule has 3 heteroatoms. The minimum absolute atomic E-state index is 0.195. The lowest BCUT2D eigenvalue weighted by molar-refractivity contribution is 0.415. The van der Waals surface area contributed by atoms with Crippen LogP contribution in [0.1, 0.15) is 16.5 Å². The Morgan fingerprint density at radius 3 is 2.29 bits per heavy atom. The second kappa shape index (κ2) is 5.44. The van der Waals surface area contributed by atoms with E-state index < -0.39 is 0 Å². The third kappa shape index (κ3) is 2.74.